The highest BCUT2D eigenvalue weighted by Gasteiger charge is 2.45. The Morgan fingerprint density at radius 2 is 1.18 bits per heavy atom. The van der Waals surface area contributed by atoms with Gasteiger partial charge in [-0.05, 0) is 98.2 Å². The van der Waals surface area contributed by atoms with Crippen molar-refractivity contribution >= 4 is 68.0 Å². The predicted molar refractivity (Wildman–Crippen MR) is 237 cm³/mol. The Morgan fingerprint density at radius 3 is 1.89 bits per heavy atom. The molecule has 5 heteroatoms. The summed E-state index contributed by atoms with van der Waals surface area (Å²) in [7, 11) is 0. The SMILES string of the molecule is Cc1cc2c3c(c1)N(c1cc4c(cc1-c1ccccc1)OCCO4)c1c(ccc4ccccc14)B3c1cc(C(C)(C)C)ccc1N2c1ccc(C(C)(C)C)cc1. The third-order valence-electron chi connectivity index (χ3n) is 11.9. The molecular weight excluding hydrogens is 683 g/mol. The van der Waals surface area contributed by atoms with E-state index in [2.05, 4.69) is 192 Å². The molecule has 4 nitrogen and oxygen atoms in total. The minimum Gasteiger partial charge on any atom is -0.486 e. The zero-order valence-electron chi connectivity index (χ0n) is 33.4. The van der Waals surface area contributed by atoms with Gasteiger partial charge in [0.25, 0.3) is 6.71 Å². The monoisotopic (exact) mass is 730 g/mol. The van der Waals surface area contributed by atoms with Gasteiger partial charge in [-0.3, -0.25) is 0 Å². The van der Waals surface area contributed by atoms with Gasteiger partial charge < -0.3 is 19.3 Å². The molecule has 0 fully saturated rings. The number of benzene rings is 7. The minimum atomic E-state index is -0.0205. The van der Waals surface area contributed by atoms with E-state index in [1.807, 2.05) is 0 Å². The summed E-state index contributed by atoms with van der Waals surface area (Å²) in [5, 5.41) is 2.44. The molecule has 7 aromatic rings. The van der Waals surface area contributed by atoms with Crippen molar-refractivity contribution < 1.29 is 9.47 Å². The van der Waals surface area contributed by atoms with Crippen molar-refractivity contribution in [1.82, 2.24) is 0 Å². The molecule has 0 atom stereocenters. The molecule has 7 aromatic carbocycles. The van der Waals surface area contributed by atoms with Gasteiger partial charge in [-0.15, -0.1) is 0 Å². The average Bonchev–Trinajstić information content (AvgIpc) is 3.19. The van der Waals surface area contributed by atoms with Crippen LogP contribution in [0.1, 0.15) is 58.2 Å². The molecule has 0 radical (unpaired) electrons. The Morgan fingerprint density at radius 1 is 0.536 bits per heavy atom. The first-order valence-corrected chi connectivity index (χ1v) is 20.0. The average molecular weight is 731 g/mol. The van der Waals surface area contributed by atoms with E-state index in [0.717, 1.165) is 34.0 Å². The van der Waals surface area contributed by atoms with Crippen molar-refractivity contribution in [3.05, 3.63) is 150 Å². The van der Waals surface area contributed by atoms with Crippen LogP contribution in [0.4, 0.5) is 34.1 Å². The number of anilines is 6. The fourth-order valence-corrected chi connectivity index (χ4v) is 9.12. The Labute approximate surface area is 331 Å². The fourth-order valence-electron chi connectivity index (χ4n) is 9.12. The van der Waals surface area contributed by atoms with Crippen LogP contribution in [0.2, 0.25) is 0 Å². The molecule has 0 aromatic heterocycles. The number of hydrogen-bond acceptors (Lipinski definition) is 4. The van der Waals surface area contributed by atoms with Gasteiger partial charge in [0.1, 0.15) is 13.2 Å². The molecular formula is C51H47BN2O2. The van der Waals surface area contributed by atoms with Crippen molar-refractivity contribution in [2.75, 3.05) is 23.0 Å². The molecule has 0 unspecified atom stereocenters. The smallest absolute Gasteiger partial charge is 0.252 e. The third-order valence-corrected chi connectivity index (χ3v) is 11.9. The van der Waals surface area contributed by atoms with Crippen LogP contribution in [0.5, 0.6) is 11.5 Å². The topological polar surface area (TPSA) is 24.9 Å². The Kier molecular flexibility index (Phi) is 7.74. The van der Waals surface area contributed by atoms with Crippen LogP contribution in [-0.4, -0.2) is 19.9 Å². The van der Waals surface area contributed by atoms with Crippen LogP contribution in [0.15, 0.2) is 133 Å². The maximum atomic E-state index is 6.35. The van der Waals surface area contributed by atoms with E-state index >= 15 is 0 Å². The molecule has 56 heavy (non-hydrogen) atoms. The van der Waals surface area contributed by atoms with Crippen molar-refractivity contribution in [3.8, 4) is 22.6 Å². The van der Waals surface area contributed by atoms with Gasteiger partial charge in [0.15, 0.2) is 11.5 Å². The van der Waals surface area contributed by atoms with Gasteiger partial charge >= 0.3 is 0 Å². The molecule has 0 N–H and O–H groups in total. The second kappa shape index (κ2) is 12.5. The van der Waals surface area contributed by atoms with E-state index in [0.29, 0.717) is 13.2 Å². The maximum Gasteiger partial charge on any atom is 0.252 e. The molecule has 0 saturated heterocycles. The summed E-state index contributed by atoms with van der Waals surface area (Å²) in [5.74, 6) is 1.56. The van der Waals surface area contributed by atoms with E-state index < -0.39 is 0 Å². The molecule has 276 valence electrons. The normalized spacial score (nSPS) is 14.4. The van der Waals surface area contributed by atoms with Gasteiger partial charge in [-0.1, -0.05) is 133 Å². The number of hydrogen-bond donors (Lipinski definition) is 0. The largest absolute Gasteiger partial charge is 0.486 e. The standard InChI is InChI=1S/C51H47BN2O2/c1-32-27-44-48-45(28-32)54(43-31-47-46(55-25-26-56-47)30-39(43)33-13-9-8-10-14-33)49-38-16-12-11-15-34(38)17-23-40(49)52(48)41-29-36(51(5,6)7)20-24-42(41)53(44)37-21-18-35(19-22-37)50(2,3)4/h8-24,27-31H,25-26H2,1-7H3. The lowest BCUT2D eigenvalue weighted by molar-refractivity contribution is 0.172. The Bertz CT molecular complexity index is 2690. The molecule has 3 aliphatic rings. The van der Waals surface area contributed by atoms with Gasteiger partial charge in [-0.2, -0.15) is 0 Å². The Hall–Kier alpha value is -5.94. The number of ether oxygens (including phenoxy) is 2. The molecule has 0 aliphatic carbocycles. The summed E-state index contributed by atoms with van der Waals surface area (Å²) in [6.45, 7) is 17.1. The fraction of sp³-hybridized carbons (Fsp3) is 0.216. The number of aryl methyl sites for hydroxylation is 1. The van der Waals surface area contributed by atoms with E-state index in [1.165, 1.54) is 66.6 Å². The molecule has 3 heterocycles. The molecule has 3 aliphatic heterocycles. The summed E-state index contributed by atoms with van der Waals surface area (Å²) in [6, 6.07) is 49.9. The lowest BCUT2D eigenvalue weighted by atomic mass is 9.33. The van der Waals surface area contributed by atoms with E-state index in [-0.39, 0.29) is 17.5 Å². The number of nitrogens with zero attached hydrogens (tertiary/aromatic N) is 2. The zero-order valence-corrected chi connectivity index (χ0v) is 33.4. The molecule has 0 bridgehead atoms. The van der Waals surface area contributed by atoms with Crippen molar-refractivity contribution in [2.24, 2.45) is 0 Å². The maximum absolute atomic E-state index is 6.35. The van der Waals surface area contributed by atoms with Crippen molar-refractivity contribution in [3.63, 3.8) is 0 Å². The number of rotatable bonds is 3. The highest BCUT2D eigenvalue weighted by molar-refractivity contribution is 7.00. The first-order chi connectivity index (χ1) is 27.0. The van der Waals surface area contributed by atoms with Gasteiger partial charge in [0, 0.05) is 45.5 Å². The van der Waals surface area contributed by atoms with E-state index in [4.69, 9.17) is 9.47 Å². The van der Waals surface area contributed by atoms with Crippen LogP contribution < -0.4 is 35.7 Å². The summed E-state index contributed by atoms with van der Waals surface area (Å²) >= 11 is 0. The van der Waals surface area contributed by atoms with Crippen molar-refractivity contribution in [1.29, 1.82) is 0 Å². The van der Waals surface area contributed by atoms with Crippen LogP contribution in [0.25, 0.3) is 21.9 Å². The quantitative estimate of drug-likeness (QED) is 0.169. The second-order valence-electron chi connectivity index (χ2n) is 17.7. The van der Waals surface area contributed by atoms with Gasteiger partial charge in [-0.25, -0.2) is 0 Å². The zero-order chi connectivity index (χ0) is 38.5. The highest BCUT2D eigenvalue weighted by Crippen LogP contribution is 2.51. The minimum absolute atomic E-state index is 0.0104. The third kappa shape index (κ3) is 5.43. The molecule has 10 rings (SSSR count). The van der Waals surface area contributed by atoms with Crippen molar-refractivity contribution in [2.45, 2.75) is 59.3 Å². The number of fused-ring (bicyclic) bond motifs is 7. The molecule has 0 saturated carbocycles. The summed E-state index contributed by atoms with van der Waals surface area (Å²) in [5.41, 5.74) is 17.1. The van der Waals surface area contributed by atoms with Gasteiger partial charge in [0.05, 0.1) is 5.69 Å². The highest BCUT2D eigenvalue weighted by atomic mass is 16.6. The van der Waals surface area contributed by atoms with E-state index in [9.17, 15) is 0 Å². The van der Waals surface area contributed by atoms with E-state index in [1.54, 1.807) is 0 Å². The first-order valence-electron chi connectivity index (χ1n) is 20.0. The summed E-state index contributed by atoms with van der Waals surface area (Å²) < 4.78 is 12.6. The second-order valence-corrected chi connectivity index (χ2v) is 17.7. The summed E-state index contributed by atoms with van der Waals surface area (Å²) in [6.07, 6.45) is 0. The lowest BCUT2D eigenvalue weighted by Crippen LogP contribution is -2.61. The van der Waals surface area contributed by atoms with Gasteiger partial charge in [0.2, 0.25) is 0 Å². The van der Waals surface area contributed by atoms with Crippen LogP contribution >= 0.6 is 0 Å². The van der Waals surface area contributed by atoms with Crippen LogP contribution in [0.3, 0.4) is 0 Å². The summed E-state index contributed by atoms with van der Waals surface area (Å²) in [4.78, 5) is 5.06. The lowest BCUT2D eigenvalue weighted by Gasteiger charge is -2.45. The first kappa shape index (κ1) is 34.5. The van der Waals surface area contributed by atoms with Crippen LogP contribution in [0, 0.1) is 6.92 Å². The predicted octanol–water partition coefficient (Wildman–Crippen LogP) is 11.3. The Balaban J connectivity index is 1.33. The molecule has 0 amide bonds. The van der Waals surface area contributed by atoms with Crippen LogP contribution in [-0.2, 0) is 10.8 Å². The molecule has 0 spiro atoms.